The predicted octanol–water partition coefficient (Wildman–Crippen LogP) is 14.0. The van der Waals surface area contributed by atoms with E-state index < -0.39 is 0 Å². The number of hydrogen-bond acceptors (Lipinski definition) is 4. The van der Waals surface area contributed by atoms with E-state index in [4.69, 9.17) is 9.72 Å². The molecule has 2 aliphatic heterocycles. The van der Waals surface area contributed by atoms with Crippen LogP contribution in [-0.2, 0) is 19.4 Å². The SMILES string of the molecule is [Pt]=[c]1n(-c2[c-]c(Oc3cccc(N4B5c6ccccc6-c6ccccc6N5c5ccc[c-]c54)n3)ccc2)c2ccccc2n1-c1c(-c2ccccc2)cccc1-c1cccc(-c2ccccc2)c1. The average Bonchev–Trinajstić information content (AvgIpc) is 3.91. The molecule has 9 aromatic carbocycles. The van der Waals surface area contributed by atoms with Gasteiger partial charge in [-0.1, -0.05) is 42.5 Å². The Kier molecular flexibility index (Phi) is 9.76. The topological polar surface area (TPSA) is 38.5 Å². The van der Waals surface area contributed by atoms with E-state index in [0.717, 1.165) is 71.3 Å². The van der Waals surface area contributed by atoms with Crippen molar-refractivity contribution in [2.45, 2.75) is 0 Å². The summed E-state index contributed by atoms with van der Waals surface area (Å²) in [7, 11) is 0. The number of imidazole rings is 1. The second-order valence-electron chi connectivity index (χ2n) is 16.9. The van der Waals surface area contributed by atoms with Gasteiger partial charge in [0.25, 0.3) is 0 Å². The number of aromatic nitrogens is 3. The quantitative estimate of drug-likeness (QED) is 0.112. The molecule has 11 aromatic rings. The first-order valence-corrected chi connectivity index (χ1v) is 23.8. The van der Waals surface area contributed by atoms with E-state index in [1.165, 1.54) is 27.7 Å². The Morgan fingerprint density at radius 2 is 1.09 bits per heavy atom. The zero-order valence-corrected chi connectivity index (χ0v) is 38.7. The Labute approximate surface area is 405 Å². The van der Waals surface area contributed by atoms with Crippen LogP contribution in [0.2, 0.25) is 0 Å². The van der Waals surface area contributed by atoms with Crippen LogP contribution in [0.5, 0.6) is 11.6 Å². The standard InChI is InChI=1S/C60H38BN5O.Pt/c1-3-19-42(20-4-1)44-23-15-24-45(39-44)49-30-17-29-48(43-21-5-2-6-22-43)60(49)64-41-63(54-33-11-12-34-55(54)64)46-25-16-26-47(40-46)67-59-38-18-37-58(62-59)66-57-36-14-13-35-56(57)65-53-32-10-8-28-51(53)50-27-7-9-31-52(50)61(65)66;/h1-35,37-39H;/q-2;. The fourth-order valence-electron chi connectivity index (χ4n) is 10.1. The number of para-hydroxylation sites is 5. The van der Waals surface area contributed by atoms with Gasteiger partial charge in [0.2, 0.25) is 0 Å². The number of anilines is 4. The Morgan fingerprint density at radius 1 is 0.471 bits per heavy atom. The number of fused-ring (bicyclic) bond motifs is 9. The normalized spacial score (nSPS) is 12.4. The van der Waals surface area contributed by atoms with Gasteiger partial charge in [0.15, 0.2) is 0 Å². The molecular formula is C60H38BN5OPt-2. The molecular weight excluding hydrogens is 1010 g/mol. The molecule has 0 saturated carbocycles. The Bertz CT molecular complexity index is 3790. The van der Waals surface area contributed by atoms with Crippen molar-refractivity contribution in [2.24, 2.45) is 0 Å². The van der Waals surface area contributed by atoms with Gasteiger partial charge >= 0.3 is 325 Å². The summed E-state index contributed by atoms with van der Waals surface area (Å²) in [6.45, 7) is -0.163. The third kappa shape index (κ3) is 6.61. The van der Waals surface area contributed by atoms with Crippen molar-refractivity contribution in [2.75, 3.05) is 9.62 Å². The fraction of sp³-hybridized carbons (Fsp3) is 0. The Morgan fingerprint density at radius 3 is 1.93 bits per heavy atom. The summed E-state index contributed by atoms with van der Waals surface area (Å²) in [5.41, 5.74) is 17.8. The molecule has 0 N–H and O–H groups in total. The van der Waals surface area contributed by atoms with Gasteiger partial charge in [-0.3, -0.25) is 0 Å². The molecule has 0 atom stereocenters. The first kappa shape index (κ1) is 40.1. The number of hydrogen-bond donors (Lipinski definition) is 0. The first-order valence-electron chi connectivity index (χ1n) is 22.7. The zero-order valence-electron chi connectivity index (χ0n) is 36.5. The van der Waals surface area contributed by atoms with Crippen LogP contribution in [0.1, 0.15) is 0 Å². The van der Waals surface area contributed by atoms with E-state index in [1.807, 2.05) is 30.3 Å². The van der Waals surface area contributed by atoms with Crippen molar-refractivity contribution >= 4 is 46.4 Å². The summed E-state index contributed by atoms with van der Waals surface area (Å²) in [5.74, 6) is 1.79. The molecule has 6 nitrogen and oxygen atoms in total. The van der Waals surface area contributed by atoms with Crippen LogP contribution in [0.3, 0.4) is 0 Å². The third-order valence-electron chi connectivity index (χ3n) is 13.0. The van der Waals surface area contributed by atoms with Gasteiger partial charge < -0.3 is 0 Å². The fourth-order valence-corrected chi connectivity index (χ4v) is 11.2. The Balaban J connectivity index is 0.909. The number of benzene rings is 9. The van der Waals surface area contributed by atoms with Crippen LogP contribution in [-0.4, -0.2) is 21.1 Å². The summed E-state index contributed by atoms with van der Waals surface area (Å²) >= 11 is 2.48. The molecule has 0 aliphatic carbocycles. The van der Waals surface area contributed by atoms with Crippen molar-refractivity contribution in [1.29, 1.82) is 0 Å². The van der Waals surface area contributed by atoms with Crippen LogP contribution in [0.4, 0.5) is 22.9 Å². The third-order valence-corrected chi connectivity index (χ3v) is 14.0. The molecule has 0 fully saturated rings. The summed E-state index contributed by atoms with van der Waals surface area (Å²) in [6, 6.07) is 88.1. The summed E-state index contributed by atoms with van der Waals surface area (Å²) in [4.78, 5) is 9.90. The van der Waals surface area contributed by atoms with E-state index in [9.17, 15) is 0 Å². The maximum absolute atomic E-state index is 6.70. The van der Waals surface area contributed by atoms with Crippen molar-refractivity contribution in [3.63, 3.8) is 0 Å². The molecule has 2 aliphatic rings. The molecule has 4 heterocycles. The van der Waals surface area contributed by atoms with Gasteiger partial charge in [-0.15, -0.1) is 6.07 Å². The molecule has 0 bridgehead atoms. The van der Waals surface area contributed by atoms with Gasteiger partial charge in [-0.2, -0.15) is 12.1 Å². The molecule has 0 unspecified atom stereocenters. The van der Waals surface area contributed by atoms with Crippen molar-refractivity contribution in [3.05, 3.63) is 246 Å². The molecule has 324 valence electrons. The van der Waals surface area contributed by atoms with Crippen LogP contribution >= 0.6 is 0 Å². The molecule has 0 spiro atoms. The van der Waals surface area contributed by atoms with Crippen LogP contribution < -0.4 is 19.8 Å². The van der Waals surface area contributed by atoms with E-state index in [1.54, 1.807) is 0 Å². The second kappa shape index (κ2) is 16.6. The van der Waals surface area contributed by atoms with Gasteiger partial charge in [0.1, 0.15) is 0 Å². The molecule has 0 radical (unpaired) electrons. The molecule has 13 rings (SSSR count). The van der Waals surface area contributed by atoms with E-state index in [2.05, 4.69) is 250 Å². The number of rotatable bonds is 8. The molecule has 2 aromatic heterocycles. The summed E-state index contributed by atoms with van der Waals surface area (Å²) in [5, 5.41) is 0. The van der Waals surface area contributed by atoms with E-state index >= 15 is 0 Å². The second-order valence-corrected chi connectivity index (χ2v) is 17.9. The predicted molar refractivity (Wildman–Crippen MR) is 272 cm³/mol. The van der Waals surface area contributed by atoms with Gasteiger partial charge in [-0.05, 0) is 11.6 Å². The minimum absolute atomic E-state index is 0.163. The van der Waals surface area contributed by atoms with Crippen LogP contribution in [0.15, 0.2) is 231 Å². The van der Waals surface area contributed by atoms with Crippen LogP contribution in [0, 0.1) is 15.9 Å². The number of nitrogens with zero attached hydrogens (tertiary/aromatic N) is 5. The average molecular weight is 1050 g/mol. The van der Waals surface area contributed by atoms with Crippen molar-refractivity contribution in [3.8, 4) is 67.5 Å². The first-order chi connectivity index (χ1) is 33.7. The number of pyridine rings is 1. The summed E-state index contributed by atoms with van der Waals surface area (Å²) in [6.07, 6.45) is 0. The van der Waals surface area contributed by atoms with E-state index in [0.29, 0.717) is 11.6 Å². The minimum atomic E-state index is -0.163. The monoisotopic (exact) mass is 1050 g/mol. The number of ether oxygens (including phenoxy) is 1. The molecule has 68 heavy (non-hydrogen) atoms. The molecule has 8 heteroatoms. The van der Waals surface area contributed by atoms with Crippen LogP contribution in [0.25, 0.3) is 66.9 Å². The van der Waals surface area contributed by atoms with Gasteiger partial charge in [0.05, 0.1) is 0 Å². The molecule has 0 amide bonds. The molecule has 0 saturated heterocycles. The van der Waals surface area contributed by atoms with Crippen molar-refractivity contribution in [1.82, 2.24) is 14.1 Å². The zero-order chi connectivity index (χ0) is 45.1. The van der Waals surface area contributed by atoms with Crippen molar-refractivity contribution < 1.29 is 24.1 Å². The van der Waals surface area contributed by atoms with Gasteiger partial charge in [-0.25, -0.2) is 0 Å². The van der Waals surface area contributed by atoms with Gasteiger partial charge in [0, 0.05) is 11.3 Å². The Hall–Kier alpha value is -8.25. The van der Waals surface area contributed by atoms with E-state index in [-0.39, 0.29) is 6.98 Å². The summed E-state index contributed by atoms with van der Waals surface area (Å²) < 4.78 is 12.4. The maximum atomic E-state index is 6.70.